The van der Waals surface area contributed by atoms with E-state index in [1.807, 2.05) is 0 Å². The second-order valence-corrected chi connectivity index (χ2v) is 5.71. The third kappa shape index (κ3) is 3.11. The molecule has 2 fully saturated rings. The van der Waals surface area contributed by atoms with E-state index >= 15 is 0 Å². The van der Waals surface area contributed by atoms with Crippen molar-refractivity contribution in [2.75, 3.05) is 12.4 Å². The Kier molecular flexibility index (Phi) is 4.91. The van der Waals surface area contributed by atoms with Gasteiger partial charge in [0, 0.05) is 24.4 Å². The molecule has 0 aromatic heterocycles. The molecule has 0 aliphatic heterocycles. The second-order valence-electron chi connectivity index (χ2n) is 4.93. The van der Waals surface area contributed by atoms with Crippen LogP contribution < -0.4 is 0 Å². The van der Waals surface area contributed by atoms with Crippen LogP contribution in [0.25, 0.3) is 0 Å². The van der Waals surface area contributed by atoms with Crippen LogP contribution in [0.1, 0.15) is 32.6 Å². The maximum atomic E-state index is 7.92. The lowest BCUT2D eigenvalue weighted by Crippen LogP contribution is -2.24. The molecule has 0 aromatic carbocycles. The predicted octanol–water partition coefficient (Wildman–Crippen LogP) is 2.90. The fourth-order valence-electron chi connectivity index (χ4n) is 3.12. The fourth-order valence-corrected chi connectivity index (χ4v) is 3.47. The molecule has 2 rings (SSSR count). The van der Waals surface area contributed by atoms with Crippen LogP contribution in [0.3, 0.4) is 0 Å². The summed E-state index contributed by atoms with van der Waals surface area (Å²) in [6, 6.07) is 0. The summed E-state index contributed by atoms with van der Waals surface area (Å²) in [6.45, 7) is 3.15. The molecule has 0 aromatic rings. The highest BCUT2D eigenvalue weighted by atomic mass is 32.2. The molecule has 0 heterocycles. The first-order valence-corrected chi connectivity index (χ1v) is 6.93. The molecule has 94 valence electrons. The summed E-state index contributed by atoms with van der Waals surface area (Å²) in [5.41, 5.74) is 0. The Hall–Kier alpha value is 0.190. The molecule has 0 amide bonds. The van der Waals surface area contributed by atoms with E-state index in [1.54, 1.807) is 0 Å². The van der Waals surface area contributed by atoms with E-state index in [0.29, 0.717) is 6.10 Å². The van der Waals surface area contributed by atoms with Gasteiger partial charge in [-0.1, -0.05) is 12.0 Å². The van der Waals surface area contributed by atoms with Gasteiger partial charge in [-0.05, 0) is 43.4 Å². The molecular formula is C11H20O4S. The van der Waals surface area contributed by atoms with E-state index in [0.717, 1.165) is 48.6 Å². The standard InChI is InChI=1S/C11H20O4S/c1-8-5-10-6-9(8)7-11(10)13-3-2-4-16-15-14-12/h8-12H,2-7H2,1H3. The van der Waals surface area contributed by atoms with Crippen molar-refractivity contribution in [1.82, 2.24) is 0 Å². The van der Waals surface area contributed by atoms with Crippen LogP contribution in [0, 0.1) is 17.8 Å². The van der Waals surface area contributed by atoms with Gasteiger partial charge in [0.05, 0.1) is 6.10 Å². The minimum Gasteiger partial charge on any atom is -0.378 e. The van der Waals surface area contributed by atoms with Gasteiger partial charge in [-0.15, -0.1) is 4.33 Å². The molecule has 2 aliphatic carbocycles. The lowest BCUT2D eigenvalue weighted by Gasteiger charge is -2.25. The zero-order valence-corrected chi connectivity index (χ0v) is 10.4. The number of rotatable bonds is 7. The quantitative estimate of drug-likeness (QED) is 0.325. The summed E-state index contributed by atoms with van der Waals surface area (Å²) in [4.78, 5) is 0. The van der Waals surface area contributed by atoms with E-state index in [2.05, 4.69) is 16.3 Å². The molecular weight excluding hydrogens is 228 g/mol. The monoisotopic (exact) mass is 248 g/mol. The Labute approximate surface area is 101 Å². The van der Waals surface area contributed by atoms with Gasteiger partial charge in [0.2, 0.25) is 0 Å². The largest absolute Gasteiger partial charge is 0.378 e. The van der Waals surface area contributed by atoms with Crippen LogP contribution in [-0.4, -0.2) is 23.7 Å². The average molecular weight is 248 g/mol. The average Bonchev–Trinajstić information content (AvgIpc) is 2.82. The van der Waals surface area contributed by atoms with Crippen molar-refractivity contribution in [3.63, 3.8) is 0 Å². The summed E-state index contributed by atoms with van der Waals surface area (Å²) in [7, 11) is 0. The molecule has 2 aliphatic rings. The SMILES string of the molecule is CC1CC2CC1CC2OCCCSOOO. The molecule has 16 heavy (non-hydrogen) atoms. The maximum absolute atomic E-state index is 7.92. The number of hydrogen-bond acceptors (Lipinski definition) is 5. The van der Waals surface area contributed by atoms with Crippen LogP contribution in [0.4, 0.5) is 0 Å². The zero-order chi connectivity index (χ0) is 11.4. The third-order valence-electron chi connectivity index (χ3n) is 3.93. The highest BCUT2D eigenvalue weighted by Gasteiger charge is 2.44. The van der Waals surface area contributed by atoms with Crippen LogP contribution in [-0.2, 0) is 14.1 Å². The first kappa shape index (κ1) is 12.6. The Morgan fingerprint density at radius 2 is 2.12 bits per heavy atom. The number of fused-ring (bicyclic) bond motifs is 2. The van der Waals surface area contributed by atoms with Gasteiger partial charge >= 0.3 is 0 Å². The summed E-state index contributed by atoms with van der Waals surface area (Å²) in [5.74, 6) is 3.41. The van der Waals surface area contributed by atoms with E-state index in [1.165, 1.54) is 19.3 Å². The normalized spacial score (nSPS) is 37.1. The summed E-state index contributed by atoms with van der Waals surface area (Å²) in [6.07, 6.45) is 5.42. The van der Waals surface area contributed by atoms with Crippen molar-refractivity contribution in [3.05, 3.63) is 0 Å². The Bertz CT molecular complexity index is 212. The molecule has 4 nitrogen and oxygen atoms in total. The topological polar surface area (TPSA) is 47.9 Å². The van der Waals surface area contributed by atoms with Gasteiger partial charge in [-0.3, -0.25) is 0 Å². The molecule has 5 heteroatoms. The first-order chi connectivity index (χ1) is 7.81. The van der Waals surface area contributed by atoms with Crippen LogP contribution in [0.15, 0.2) is 0 Å². The van der Waals surface area contributed by atoms with E-state index in [4.69, 9.17) is 9.99 Å². The smallest absolute Gasteiger partial charge is 0.0606 e. The van der Waals surface area contributed by atoms with E-state index < -0.39 is 0 Å². The van der Waals surface area contributed by atoms with Crippen molar-refractivity contribution >= 4 is 12.0 Å². The molecule has 4 atom stereocenters. The summed E-state index contributed by atoms with van der Waals surface area (Å²) >= 11 is 1.10. The lowest BCUT2D eigenvalue weighted by molar-refractivity contribution is -0.432. The third-order valence-corrected chi connectivity index (χ3v) is 4.54. The summed E-state index contributed by atoms with van der Waals surface area (Å²) in [5, 5.41) is 11.4. The molecule has 0 saturated heterocycles. The van der Waals surface area contributed by atoms with Gasteiger partial charge in [0.15, 0.2) is 0 Å². The van der Waals surface area contributed by atoms with Crippen LogP contribution in [0.2, 0.25) is 0 Å². The number of hydrogen-bond donors (Lipinski definition) is 1. The van der Waals surface area contributed by atoms with Gasteiger partial charge < -0.3 is 4.74 Å². The molecule has 4 unspecified atom stereocenters. The Morgan fingerprint density at radius 3 is 2.75 bits per heavy atom. The van der Waals surface area contributed by atoms with Gasteiger partial charge in [-0.2, -0.15) is 0 Å². The number of ether oxygens (including phenoxy) is 1. The van der Waals surface area contributed by atoms with Crippen molar-refractivity contribution in [2.24, 2.45) is 17.8 Å². The zero-order valence-electron chi connectivity index (χ0n) is 9.63. The van der Waals surface area contributed by atoms with Crippen molar-refractivity contribution in [2.45, 2.75) is 38.7 Å². The fraction of sp³-hybridized carbons (Fsp3) is 1.00. The summed E-state index contributed by atoms with van der Waals surface area (Å²) < 4.78 is 10.2. The van der Waals surface area contributed by atoms with Crippen LogP contribution in [0.5, 0.6) is 0 Å². The minimum atomic E-state index is 0.501. The Balaban J connectivity index is 1.52. The maximum Gasteiger partial charge on any atom is 0.0606 e. The molecule has 0 radical (unpaired) electrons. The van der Waals surface area contributed by atoms with E-state index in [-0.39, 0.29) is 0 Å². The Morgan fingerprint density at radius 1 is 1.25 bits per heavy atom. The van der Waals surface area contributed by atoms with Crippen LogP contribution >= 0.6 is 12.0 Å². The van der Waals surface area contributed by atoms with Crippen molar-refractivity contribution in [3.8, 4) is 0 Å². The minimum absolute atomic E-state index is 0.501. The lowest BCUT2D eigenvalue weighted by atomic mass is 9.89. The second kappa shape index (κ2) is 6.21. The molecule has 0 spiro atoms. The molecule has 2 saturated carbocycles. The van der Waals surface area contributed by atoms with Gasteiger partial charge in [0.25, 0.3) is 0 Å². The predicted molar refractivity (Wildman–Crippen MR) is 61.6 cm³/mol. The molecule has 2 bridgehead atoms. The van der Waals surface area contributed by atoms with Crippen molar-refractivity contribution < 1.29 is 19.4 Å². The highest BCUT2D eigenvalue weighted by Crippen LogP contribution is 2.49. The highest BCUT2D eigenvalue weighted by molar-refractivity contribution is 7.94. The van der Waals surface area contributed by atoms with Gasteiger partial charge in [-0.25, -0.2) is 5.26 Å². The van der Waals surface area contributed by atoms with E-state index in [9.17, 15) is 0 Å². The van der Waals surface area contributed by atoms with Crippen molar-refractivity contribution in [1.29, 1.82) is 0 Å². The first-order valence-electron chi connectivity index (χ1n) is 6.02. The van der Waals surface area contributed by atoms with Gasteiger partial charge in [0.1, 0.15) is 0 Å². The molecule has 1 N–H and O–H groups in total.